The maximum Gasteiger partial charge on any atom is 0.338 e. The predicted octanol–water partition coefficient (Wildman–Crippen LogP) is 2.26. The summed E-state index contributed by atoms with van der Waals surface area (Å²) in [7, 11) is 0. The van der Waals surface area contributed by atoms with Crippen LogP contribution >= 0.6 is 0 Å². The average molecular weight is 263 g/mol. The van der Waals surface area contributed by atoms with Crippen LogP contribution in [0.5, 0.6) is 0 Å². The third kappa shape index (κ3) is 4.04. The van der Waals surface area contributed by atoms with Gasteiger partial charge in [0, 0.05) is 13.1 Å². The Hall–Kier alpha value is -1.39. The molecule has 4 nitrogen and oxygen atoms in total. The van der Waals surface area contributed by atoms with Crippen molar-refractivity contribution in [1.82, 2.24) is 5.32 Å². The summed E-state index contributed by atoms with van der Waals surface area (Å²) in [6, 6.07) is 5.71. The van der Waals surface area contributed by atoms with Gasteiger partial charge in [-0.15, -0.1) is 0 Å². The van der Waals surface area contributed by atoms with Crippen LogP contribution in [0.1, 0.15) is 42.3 Å². The normalized spacial score (nSPS) is 14.3. The van der Waals surface area contributed by atoms with Crippen molar-refractivity contribution in [3.05, 3.63) is 34.9 Å². The van der Waals surface area contributed by atoms with E-state index in [-0.39, 0.29) is 18.2 Å². The van der Waals surface area contributed by atoms with E-state index in [0.29, 0.717) is 12.2 Å². The maximum absolute atomic E-state index is 11.9. The largest absolute Gasteiger partial charge is 0.460 e. The highest BCUT2D eigenvalue weighted by Gasteiger charge is 2.15. The molecule has 1 aliphatic rings. The number of carbonyl (C=O) groups is 1. The second-order valence-corrected chi connectivity index (χ2v) is 5.68. The zero-order chi connectivity index (χ0) is 13.9. The van der Waals surface area contributed by atoms with Gasteiger partial charge in [-0.1, -0.05) is 6.07 Å². The Bertz CT molecular complexity index is 463. The monoisotopic (exact) mass is 263 g/mol. The number of nitrogens with one attached hydrogen (secondary N) is 1. The number of rotatable bonds is 4. The Balaban J connectivity index is 1.83. The Morgan fingerprint density at radius 3 is 2.68 bits per heavy atom. The molecule has 104 valence electrons. The molecule has 0 amide bonds. The predicted molar refractivity (Wildman–Crippen MR) is 73.0 cm³/mol. The first-order valence-corrected chi connectivity index (χ1v) is 6.59. The molecule has 19 heavy (non-hydrogen) atoms. The summed E-state index contributed by atoms with van der Waals surface area (Å²) < 4.78 is 10.7. The number of ether oxygens (including phenoxy) is 2. The minimum Gasteiger partial charge on any atom is -0.460 e. The summed E-state index contributed by atoms with van der Waals surface area (Å²) in [4.78, 5) is 11.9. The van der Waals surface area contributed by atoms with Crippen LogP contribution in [0.4, 0.5) is 0 Å². The van der Waals surface area contributed by atoms with Gasteiger partial charge in [0.15, 0.2) is 0 Å². The molecule has 0 saturated carbocycles. The van der Waals surface area contributed by atoms with E-state index in [9.17, 15) is 4.79 Å². The van der Waals surface area contributed by atoms with Crippen LogP contribution in [-0.4, -0.2) is 24.8 Å². The van der Waals surface area contributed by atoms with Gasteiger partial charge in [-0.2, -0.15) is 0 Å². The lowest BCUT2D eigenvalue weighted by Gasteiger charge is -2.19. The first-order valence-electron chi connectivity index (χ1n) is 6.59. The van der Waals surface area contributed by atoms with E-state index in [1.165, 1.54) is 11.1 Å². The van der Waals surface area contributed by atoms with Crippen molar-refractivity contribution in [2.75, 3.05) is 13.2 Å². The Morgan fingerprint density at radius 1 is 1.21 bits per heavy atom. The van der Waals surface area contributed by atoms with Crippen LogP contribution in [0.2, 0.25) is 0 Å². The molecule has 0 saturated heterocycles. The summed E-state index contributed by atoms with van der Waals surface area (Å²) in [6.45, 7) is 8.33. The van der Waals surface area contributed by atoms with Crippen LogP contribution in [0.3, 0.4) is 0 Å². The zero-order valence-corrected chi connectivity index (χ0v) is 11.8. The molecule has 0 aromatic heterocycles. The van der Waals surface area contributed by atoms with Crippen molar-refractivity contribution in [3.8, 4) is 0 Å². The van der Waals surface area contributed by atoms with Gasteiger partial charge in [-0.05, 0) is 44.0 Å². The molecule has 1 aromatic rings. The molecular weight excluding hydrogens is 242 g/mol. The summed E-state index contributed by atoms with van der Waals surface area (Å²) in [6.07, 6.45) is 0. The first-order chi connectivity index (χ1) is 8.96. The van der Waals surface area contributed by atoms with Gasteiger partial charge in [0.2, 0.25) is 0 Å². The van der Waals surface area contributed by atoms with E-state index in [0.717, 1.165) is 13.1 Å². The molecule has 1 N–H and O–H groups in total. The molecular formula is C15H21NO3. The lowest BCUT2D eigenvalue weighted by atomic mass is 10.1. The fourth-order valence-electron chi connectivity index (χ4n) is 1.99. The smallest absolute Gasteiger partial charge is 0.338 e. The highest BCUT2D eigenvalue weighted by atomic mass is 16.6. The van der Waals surface area contributed by atoms with Gasteiger partial charge >= 0.3 is 5.97 Å². The van der Waals surface area contributed by atoms with Crippen molar-refractivity contribution < 1.29 is 14.3 Å². The van der Waals surface area contributed by atoms with Crippen LogP contribution in [0.25, 0.3) is 0 Å². The maximum atomic E-state index is 11.9. The third-order valence-electron chi connectivity index (χ3n) is 2.92. The van der Waals surface area contributed by atoms with E-state index in [4.69, 9.17) is 9.47 Å². The van der Waals surface area contributed by atoms with Crippen molar-refractivity contribution in [2.24, 2.45) is 0 Å². The second kappa shape index (κ2) is 5.72. The highest BCUT2D eigenvalue weighted by Crippen LogP contribution is 2.17. The Labute approximate surface area is 114 Å². The molecule has 0 spiro atoms. The van der Waals surface area contributed by atoms with Gasteiger partial charge in [-0.25, -0.2) is 4.79 Å². The Kier molecular flexibility index (Phi) is 4.22. The van der Waals surface area contributed by atoms with Gasteiger partial charge in [0.05, 0.1) is 17.8 Å². The minimum absolute atomic E-state index is 0.203. The quantitative estimate of drug-likeness (QED) is 0.668. The lowest BCUT2D eigenvalue weighted by molar-refractivity contribution is -0.0281. The fraction of sp³-hybridized carbons (Fsp3) is 0.533. The van der Waals surface area contributed by atoms with E-state index in [2.05, 4.69) is 5.32 Å². The fourth-order valence-corrected chi connectivity index (χ4v) is 1.99. The second-order valence-electron chi connectivity index (χ2n) is 5.68. The first kappa shape index (κ1) is 14.0. The molecule has 1 aromatic carbocycles. The zero-order valence-electron chi connectivity index (χ0n) is 11.8. The number of esters is 1. The third-order valence-corrected chi connectivity index (χ3v) is 2.92. The van der Waals surface area contributed by atoms with Crippen LogP contribution in [0.15, 0.2) is 18.2 Å². The standard InChI is InChI=1S/C15H21NO3/c1-15(2,3)19-7-6-18-14(17)11-4-5-12-9-16-10-13(12)8-11/h4-5,8,16H,6-7,9-10H2,1-3H3. The average Bonchev–Trinajstić information content (AvgIpc) is 2.80. The van der Waals surface area contributed by atoms with Crippen LogP contribution < -0.4 is 5.32 Å². The summed E-state index contributed by atoms with van der Waals surface area (Å²) >= 11 is 0. The van der Waals surface area contributed by atoms with Crippen molar-refractivity contribution in [3.63, 3.8) is 0 Å². The number of hydrogen-bond acceptors (Lipinski definition) is 4. The number of carbonyl (C=O) groups excluding carboxylic acids is 1. The number of fused-ring (bicyclic) bond motifs is 1. The molecule has 1 heterocycles. The molecule has 1 aliphatic heterocycles. The highest BCUT2D eigenvalue weighted by molar-refractivity contribution is 5.89. The molecule has 0 aliphatic carbocycles. The SMILES string of the molecule is CC(C)(C)OCCOC(=O)c1ccc2c(c1)CNC2. The van der Waals surface area contributed by atoms with E-state index in [1.54, 1.807) is 0 Å². The van der Waals surface area contributed by atoms with E-state index in [1.807, 2.05) is 39.0 Å². The molecule has 0 fully saturated rings. The number of hydrogen-bond donors (Lipinski definition) is 1. The molecule has 2 rings (SSSR count). The summed E-state index contributed by atoms with van der Waals surface area (Å²) in [5.41, 5.74) is 2.84. The molecule has 4 heteroatoms. The van der Waals surface area contributed by atoms with Crippen LogP contribution in [0, 0.1) is 0 Å². The van der Waals surface area contributed by atoms with Crippen molar-refractivity contribution >= 4 is 5.97 Å². The van der Waals surface area contributed by atoms with Crippen molar-refractivity contribution in [2.45, 2.75) is 39.5 Å². The van der Waals surface area contributed by atoms with Gasteiger partial charge in [0.1, 0.15) is 6.61 Å². The summed E-state index contributed by atoms with van der Waals surface area (Å²) in [5, 5.41) is 3.25. The van der Waals surface area contributed by atoms with Crippen molar-refractivity contribution in [1.29, 1.82) is 0 Å². The number of benzene rings is 1. The van der Waals surface area contributed by atoms with E-state index < -0.39 is 0 Å². The molecule has 0 radical (unpaired) electrons. The Morgan fingerprint density at radius 2 is 1.95 bits per heavy atom. The topological polar surface area (TPSA) is 47.6 Å². The summed E-state index contributed by atoms with van der Waals surface area (Å²) in [5.74, 6) is -0.285. The van der Waals surface area contributed by atoms with Gasteiger partial charge in [0.25, 0.3) is 0 Å². The van der Waals surface area contributed by atoms with E-state index >= 15 is 0 Å². The minimum atomic E-state index is -0.285. The van der Waals surface area contributed by atoms with Crippen LogP contribution in [-0.2, 0) is 22.6 Å². The molecule has 0 atom stereocenters. The molecule has 0 unspecified atom stereocenters. The lowest BCUT2D eigenvalue weighted by Crippen LogP contribution is -2.22. The van der Waals surface area contributed by atoms with Gasteiger partial charge < -0.3 is 14.8 Å². The molecule has 0 bridgehead atoms. The van der Waals surface area contributed by atoms with Gasteiger partial charge in [-0.3, -0.25) is 0 Å².